The highest BCUT2D eigenvalue weighted by Crippen LogP contribution is 2.46. The van der Waals surface area contributed by atoms with Gasteiger partial charge in [0, 0.05) is 29.2 Å². The average molecular weight is 417 g/mol. The highest BCUT2D eigenvalue weighted by molar-refractivity contribution is 6.24. The van der Waals surface area contributed by atoms with Crippen molar-refractivity contribution in [3.8, 4) is 0 Å². The molecule has 29 heavy (non-hydrogen) atoms. The van der Waals surface area contributed by atoms with Gasteiger partial charge >= 0.3 is 6.18 Å². The smallest absolute Gasteiger partial charge is 0.367 e. The molecular formula is C21H16ClF3N4. The minimum absolute atomic E-state index is 0.245. The normalized spacial score (nSPS) is 30.1. The number of aromatic amines is 1. The molecule has 0 amide bonds. The first-order valence-electron chi connectivity index (χ1n) is 9.12. The van der Waals surface area contributed by atoms with Crippen LogP contribution in [0.1, 0.15) is 12.8 Å². The maximum atomic E-state index is 14.1. The van der Waals surface area contributed by atoms with Gasteiger partial charge in [0.25, 0.3) is 0 Å². The van der Waals surface area contributed by atoms with Crippen LogP contribution in [0.4, 0.5) is 13.2 Å². The number of halogens is 4. The summed E-state index contributed by atoms with van der Waals surface area (Å²) in [4.78, 5) is 10.4. The first kappa shape index (κ1) is 18.2. The molecule has 5 heterocycles. The third-order valence-corrected chi connectivity index (χ3v) is 5.62. The number of aliphatic imine (C=N–C) groups is 2. The van der Waals surface area contributed by atoms with Crippen molar-refractivity contribution in [2.45, 2.75) is 29.6 Å². The predicted octanol–water partition coefficient (Wildman–Crippen LogP) is 3.00. The summed E-state index contributed by atoms with van der Waals surface area (Å²) >= 11 is 6.58. The molecule has 4 nitrogen and oxygen atoms in total. The van der Waals surface area contributed by atoms with E-state index < -0.39 is 23.1 Å². The Morgan fingerprint density at radius 1 is 1.00 bits per heavy atom. The van der Waals surface area contributed by atoms with E-state index in [4.69, 9.17) is 11.6 Å². The highest BCUT2D eigenvalue weighted by atomic mass is 35.5. The maximum absolute atomic E-state index is 14.1. The van der Waals surface area contributed by atoms with Crippen molar-refractivity contribution in [1.29, 1.82) is 0 Å². The maximum Gasteiger partial charge on any atom is 0.417 e. The number of aromatic nitrogens is 1. The molecule has 0 saturated carbocycles. The second-order valence-electron chi connectivity index (χ2n) is 7.52. The molecule has 0 aliphatic carbocycles. The van der Waals surface area contributed by atoms with Crippen LogP contribution in [0.5, 0.6) is 0 Å². The quantitative estimate of drug-likeness (QED) is 0.496. The number of nitrogens with zero attached hydrogens (tertiary/aromatic N) is 2. The Balaban J connectivity index is 1.67. The van der Waals surface area contributed by atoms with E-state index in [0.29, 0.717) is 16.7 Å². The monoisotopic (exact) mass is 416 g/mol. The van der Waals surface area contributed by atoms with Crippen molar-refractivity contribution in [3.05, 3.63) is 70.7 Å². The molecule has 0 fully saturated rings. The number of alkyl halides is 4. The Kier molecular flexibility index (Phi) is 3.84. The van der Waals surface area contributed by atoms with Crippen LogP contribution in [0, 0.1) is 0 Å². The lowest BCUT2D eigenvalue weighted by molar-refractivity contribution is -0.173. The highest BCUT2D eigenvalue weighted by Gasteiger charge is 2.58. The lowest BCUT2D eigenvalue weighted by Crippen LogP contribution is -2.49. The second-order valence-corrected chi connectivity index (χ2v) is 8.24. The molecule has 0 radical (unpaired) electrons. The second kappa shape index (κ2) is 6.10. The molecular weight excluding hydrogens is 401 g/mol. The molecule has 0 spiro atoms. The van der Waals surface area contributed by atoms with Gasteiger partial charge in [0.1, 0.15) is 5.00 Å². The van der Waals surface area contributed by atoms with Crippen molar-refractivity contribution in [3.63, 3.8) is 0 Å². The lowest BCUT2D eigenvalue weighted by atomic mass is 9.90. The molecule has 0 saturated heterocycles. The van der Waals surface area contributed by atoms with E-state index in [2.05, 4.69) is 20.3 Å². The molecule has 0 aromatic carbocycles. The van der Waals surface area contributed by atoms with Crippen LogP contribution in [0.25, 0.3) is 12.2 Å². The van der Waals surface area contributed by atoms with Crippen molar-refractivity contribution in [2.24, 2.45) is 9.98 Å². The standard InChI is InChI=1S/C21H16ClF3N4/c22-20-8-6-18(29-20)11-16-4-2-14(27-16)9-13-1-3-15(26-13)10-17-5-7-19(12-20,28-17)21(23,24)25/h1-7,9-11,26,29H,8,12H2. The van der Waals surface area contributed by atoms with Gasteiger partial charge in [0.2, 0.25) is 0 Å². The van der Waals surface area contributed by atoms with E-state index in [1.807, 2.05) is 24.3 Å². The number of hydrogen-bond acceptors (Lipinski definition) is 3. The summed E-state index contributed by atoms with van der Waals surface area (Å²) in [5.74, 6) is 0. The molecule has 2 atom stereocenters. The van der Waals surface area contributed by atoms with Crippen molar-refractivity contribution in [1.82, 2.24) is 10.3 Å². The number of H-pyrrole nitrogens is 1. The first-order valence-corrected chi connectivity index (χ1v) is 9.50. The summed E-state index contributed by atoms with van der Waals surface area (Å²) < 4.78 is 42.2. The van der Waals surface area contributed by atoms with Gasteiger partial charge in [-0.15, -0.1) is 0 Å². The summed E-state index contributed by atoms with van der Waals surface area (Å²) in [7, 11) is 0. The number of hydrogen-bond donors (Lipinski definition) is 2. The Labute approximate surface area is 169 Å². The molecule has 148 valence electrons. The van der Waals surface area contributed by atoms with Crippen LogP contribution in [0.15, 0.2) is 70.0 Å². The molecule has 2 unspecified atom stereocenters. The lowest BCUT2D eigenvalue weighted by Gasteiger charge is -2.34. The topological polar surface area (TPSA) is 52.5 Å². The number of allylic oxidation sites excluding steroid dienone is 4. The van der Waals surface area contributed by atoms with Gasteiger partial charge in [0.05, 0.1) is 17.1 Å². The summed E-state index contributed by atoms with van der Waals surface area (Å²) in [5, 5.41) is 4.49. The summed E-state index contributed by atoms with van der Waals surface area (Å²) in [5.41, 5.74) is -0.000510. The Morgan fingerprint density at radius 3 is 2.52 bits per heavy atom. The molecule has 4 aliphatic rings. The van der Waals surface area contributed by atoms with Gasteiger partial charge in [-0.1, -0.05) is 17.7 Å². The van der Waals surface area contributed by atoms with E-state index in [9.17, 15) is 13.2 Å². The average Bonchev–Trinajstić information content (AvgIpc) is 3.39. The van der Waals surface area contributed by atoms with Crippen molar-refractivity contribution < 1.29 is 13.2 Å². The van der Waals surface area contributed by atoms with Crippen LogP contribution in [0.2, 0.25) is 0 Å². The number of rotatable bonds is 0. The van der Waals surface area contributed by atoms with Crippen LogP contribution < -0.4 is 16.0 Å². The fourth-order valence-corrected chi connectivity index (χ4v) is 4.26. The van der Waals surface area contributed by atoms with Crippen LogP contribution in [-0.4, -0.2) is 33.1 Å². The SMILES string of the molecule is FC(F)(F)C12C=CC(=N1)C=c1ccc([nH]1)=CC1=NC(=CC3=CCC(Cl)(C2)N3)C=C1. The summed E-state index contributed by atoms with van der Waals surface area (Å²) in [6, 6.07) is 3.64. The van der Waals surface area contributed by atoms with Crippen LogP contribution >= 0.6 is 11.6 Å². The van der Waals surface area contributed by atoms with Crippen molar-refractivity contribution >= 4 is 35.2 Å². The van der Waals surface area contributed by atoms with Gasteiger partial charge in [-0.25, -0.2) is 4.99 Å². The molecule has 5 rings (SSSR count). The Hall–Kier alpha value is -2.80. The van der Waals surface area contributed by atoms with Gasteiger partial charge in [-0.2, -0.15) is 13.2 Å². The zero-order chi connectivity index (χ0) is 20.3. The first-order chi connectivity index (χ1) is 13.7. The zero-order valence-corrected chi connectivity index (χ0v) is 15.8. The molecule has 1 aromatic rings. The Bertz CT molecular complexity index is 1200. The van der Waals surface area contributed by atoms with E-state index in [1.54, 1.807) is 24.3 Å². The van der Waals surface area contributed by atoms with E-state index in [0.717, 1.165) is 17.1 Å². The minimum Gasteiger partial charge on any atom is -0.367 e. The molecule has 4 aliphatic heterocycles. The summed E-state index contributed by atoms with van der Waals surface area (Å²) in [6.45, 7) is 0. The fraction of sp³-hybridized carbons (Fsp3) is 0.238. The van der Waals surface area contributed by atoms with Crippen LogP contribution in [0.3, 0.4) is 0 Å². The van der Waals surface area contributed by atoms with Gasteiger partial charge in [-0.05, 0) is 54.7 Å². The minimum atomic E-state index is -4.57. The molecule has 8 bridgehead atoms. The third-order valence-electron chi connectivity index (χ3n) is 5.24. The predicted molar refractivity (Wildman–Crippen MR) is 108 cm³/mol. The van der Waals surface area contributed by atoms with Gasteiger partial charge in [0.15, 0.2) is 5.54 Å². The summed E-state index contributed by atoms with van der Waals surface area (Å²) in [6.07, 6.45) is 8.52. The van der Waals surface area contributed by atoms with Crippen LogP contribution in [-0.2, 0) is 0 Å². The molecule has 2 N–H and O–H groups in total. The number of nitrogens with one attached hydrogen (secondary N) is 2. The van der Waals surface area contributed by atoms with Crippen molar-refractivity contribution in [2.75, 3.05) is 0 Å². The molecule has 1 aromatic heterocycles. The van der Waals surface area contributed by atoms with E-state index >= 15 is 0 Å². The largest absolute Gasteiger partial charge is 0.417 e. The molecule has 8 heteroatoms. The third kappa shape index (κ3) is 3.29. The van der Waals surface area contributed by atoms with E-state index in [-0.39, 0.29) is 12.1 Å². The van der Waals surface area contributed by atoms with Gasteiger partial charge in [-0.3, -0.25) is 4.99 Å². The fourth-order valence-electron chi connectivity index (χ4n) is 3.87. The van der Waals surface area contributed by atoms with Gasteiger partial charge < -0.3 is 10.3 Å². The zero-order valence-electron chi connectivity index (χ0n) is 15.1. The Morgan fingerprint density at radius 2 is 1.76 bits per heavy atom. The van der Waals surface area contributed by atoms with E-state index in [1.165, 1.54) is 6.08 Å². The number of fused-ring (bicyclic) bond motifs is 6.